The molecule has 3 heteroatoms. The van der Waals surface area contributed by atoms with Crippen molar-refractivity contribution in [2.75, 3.05) is 18.2 Å². The first-order valence-electron chi connectivity index (χ1n) is 3.75. The van der Waals surface area contributed by atoms with Gasteiger partial charge in [0, 0.05) is 17.3 Å². The lowest BCUT2D eigenvalue weighted by molar-refractivity contribution is 0.415. The molecule has 0 atom stereocenters. The largest absolute Gasteiger partial charge is 0.497 e. The minimum atomic E-state index is 0.657. The van der Waals surface area contributed by atoms with Crippen molar-refractivity contribution in [3.63, 3.8) is 0 Å². The molecule has 13 heavy (non-hydrogen) atoms. The monoisotopic (exact) mass is 239 g/mol. The van der Waals surface area contributed by atoms with E-state index in [0.29, 0.717) is 11.0 Å². The van der Waals surface area contributed by atoms with E-state index < -0.39 is 0 Å². The molecule has 0 unspecified atom stereocenters. The highest BCUT2D eigenvalue weighted by molar-refractivity contribution is 9.09. The zero-order valence-electron chi connectivity index (χ0n) is 7.30. The van der Waals surface area contributed by atoms with Crippen molar-refractivity contribution in [2.45, 2.75) is 0 Å². The molecule has 68 valence electrons. The third kappa shape index (κ3) is 3.00. The summed E-state index contributed by atoms with van der Waals surface area (Å²) in [5.41, 5.74) is 7.18. The zero-order valence-corrected chi connectivity index (χ0v) is 8.89. The molecule has 1 rings (SSSR count). The van der Waals surface area contributed by atoms with Crippen LogP contribution in [0.15, 0.2) is 18.2 Å². The highest BCUT2D eigenvalue weighted by Crippen LogP contribution is 2.17. The van der Waals surface area contributed by atoms with Gasteiger partial charge in [0.15, 0.2) is 0 Å². The van der Waals surface area contributed by atoms with Crippen molar-refractivity contribution in [1.29, 1.82) is 0 Å². The van der Waals surface area contributed by atoms with Crippen LogP contribution < -0.4 is 10.5 Å². The Morgan fingerprint density at radius 2 is 2.23 bits per heavy atom. The number of methoxy groups -OCH3 is 1. The van der Waals surface area contributed by atoms with Crippen LogP contribution in [0, 0.1) is 11.8 Å². The standard InChI is InChI=1S/C10H10BrNO/c1-13-10-6-8(3-2-4-11)5-9(12)7-10/h5-7H,4,12H2,1H3. The fourth-order valence-electron chi connectivity index (χ4n) is 0.948. The van der Waals surface area contributed by atoms with E-state index in [4.69, 9.17) is 10.5 Å². The summed E-state index contributed by atoms with van der Waals surface area (Å²) in [6, 6.07) is 5.43. The SMILES string of the molecule is COc1cc(N)cc(C#CCBr)c1. The van der Waals surface area contributed by atoms with E-state index in [2.05, 4.69) is 27.8 Å². The second-order valence-corrected chi connectivity index (χ2v) is 2.99. The number of alkyl halides is 1. The summed E-state index contributed by atoms with van der Waals surface area (Å²) in [5, 5.41) is 0.657. The number of anilines is 1. The van der Waals surface area contributed by atoms with Crippen LogP contribution in [0.4, 0.5) is 5.69 Å². The second-order valence-electron chi connectivity index (χ2n) is 2.43. The molecule has 0 aliphatic carbocycles. The number of rotatable bonds is 1. The molecular weight excluding hydrogens is 230 g/mol. The molecule has 0 spiro atoms. The summed E-state index contributed by atoms with van der Waals surface area (Å²) >= 11 is 3.22. The fraction of sp³-hybridized carbons (Fsp3) is 0.200. The predicted octanol–water partition coefficient (Wildman–Crippen LogP) is 2.02. The lowest BCUT2D eigenvalue weighted by Gasteiger charge is -2.01. The molecule has 0 radical (unpaired) electrons. The number of hydrogen-bond acceptors (Lipinski definition) is 2. The number of nitrogens with two attached hydrogens (primary N) is 1. The average Bonchev–Trinajstić information content (AvgIpc) is 2.14. The Morgan fingerprint density at radius 3 is 2.85 bits per heavy atom. The summed E-state index contributed by atoms with van der Waals surface area (Å²) in [7, 11) is 1.61. The first-order valence-corrected chi connectivity index (χ1v) is 4.88. The Balaban J connectivity index is 3.01. The van der Waals surface area contributed by atoms with Crippen LogP contribution in [0.3, 0.4) is 0 Å². The number of ether oxygens (including phenoxy) is 1. The zero-order chi connectivity index (χ0) is 9.68. The highest BCUT2D eigenvalue weighted by Gasteiger charge is 1.95. The lowest BCUT2D eigenvalue weighted by atomic mass is 10.2. The molecule has 0 bridgehead atoms. The molecule has 0 heterocycles. The van der Waals surface area contributed by atoms with Gasteiger partial charge in [0.25, 0.3) is 0 Å². The van der Waals surface area contributed by atoms with E-state index in [1.54, 1.807) is 13.2 Å². The van der Waals surface area contributed by atoms with Gasteiger partial charge in [-0.1, -0.05) is 27.8 Å². The minimum absolute atomic E-state index is 0.657. The normalized spacial score (nSPS) is 8.77. The van der Waals surface area contributed by atoms with E-state index in [1.807, 2.05) is 12.1 Å². The van der Waals surface area contributed by atoms with Crippen LogP contribution in [0.1, 0.15) is 5.56 Å². The Kier molecular flexibility index (Phi) is 3.66. The molecule has 0 amide bonds. The lowest BCUT2D eigenvalue weighted by Crippen LogP contribution is -1.89. The summed E-state index contributed by atoms with van der Waals surface area (Å²) in [6.45, 7) is 0. The Bertz CT molecular complexity index is 352. The third-order valence-electron chi connectivity index (χ3n) is 1.46. The van der Waals surface area contributed by atoms with Gasteiger partial charge in [0.05, 0.1) is 12.4 Å². The first kappa shape index (κ1) is 9.94. The molecule has 0 aliphatic heterocycles. The maximum absolute atomic E-state index is 5.65. The molecule has 0 aliphatic rings. The number of benzene rings is 1. The maximum atomic E-state index is 5.65. The smallest absolute Gasteiger partial charge is 0.122 e. The quantitative estimate of drug-likeness (QED) is 0.463. The molecule has 1 aromatic rings. The highest BCUT2D eigenvalue weighted by atomic mass is 79.9. The molecule has 1 aromatic carbocycles. The van der Waals surface area contributed by atoms with Gasteiger partial charge in [-0.25, -0.2) is 0 Å². The van der Waals surface area contributed by atoms with Gasteiger partial charge in [0.1, 0.15) is 5.75 Å². The minimum Gasteiger partial charge on any atom is -0.497 e. The summed E-state index contributed by atoms with van der Waals surface area (Å²) < 4.78 is 5.06. The number of nitrogen functional groups attached to an aromatic ring is 1. The molecule has 2 N–H and O–H groups in total. The van der Waals surface area contributed by atoms with Crippen molar-refractivity contribution in [3.8, 4) is 17.6 Å². The molecule has 0 saturated carbocycles. The fourth-order valence-corrected chi connectivity index (χ4v) is 1.09. The van der Waals surface area contributed by atoms with E-state index in [1.165, 1.54) is 0 Å². The van der Waals surface area contributed by atoms with Crippen LogP contribution in [0.2, 0.25) is 0 Å². The molecule has 0 saturated heterocycles. The van der Waals surface area contributed by atoms with Crippen molar-refractivity contribution < 1.29 is 4.74 Å². The van der Waals surface area contributed by atoms with E-state index in [0.717, 1.165) is 11.3 Å². The van der Waals surface area contributed by atoms with Crippen molar-refractivity contribution in [2.24, 2.45) is 0 Å². The van der Waals surface area contributed by atoms with Gasteiger partial charge < -0.3 is 10.5 Å². The number of halogens is 1. The summed E-state index contributed by atoms with van der Waals surface area (Å²) in [5.74, 6) is 6.59. The average molecular weight is 240 g/mol. The van der Waals surface area contributed by atoms with E-state index in [-0.39, 0.29) is 0 Å². The molecule has 2 nitrogen and oxygen atoms in total. The van der Waals surface area contributed by atoms with E-state index >= 15 is 0 Å². The Labute approximate surface area is 86.2 Å². The van der Waals surface area contributed by atoms with Gasteiger partial charge >= 0.3 is 0 Å². The predicted molar refractivity (Wildman–Crippen MR) is 58.1 cm³/mol. The van der Waals surface area contributed by atoms with Gasteiger partial charge in [-0.15, -0.1) is 0 Å². The molecule has 0 aromatic heterocycles. The van der Waals surface area contributed by atoms with Gasteiger partial charge in [0.2, 0.25) is 0 Å². The number of hydrogen-bond donors (Lipinski definition) is 1. The van der Waals surface area contributed by atoms with Crippen LogP contribution in [-0.4, -0.2) is 12.4 Å². The van der Waals surface area contributed by atoms with Crippen molar-refractivity contribution >= 4 is 21.6 Å². The first-order chi connectivity index (χ1) is 6.26. The topological polar surface area (TPSA) is 35.2 Å². The van der Waals surface area contributed by atoms with Gasteiger partial charge in [-0.3, -0.25) is 0 Å². The summed E-state index contributed by atoms with van der Waals surface area (Å²) in [6.07, 6.45) is 0. The molecular formula is C10H10BrNO. The second kappa shape index (κ2) is 4.78. The van der Waals surface area contributed by atoms with Crippen LogP contribution in [0.5, 0.6) is 5.75 Å². The van der Waals surface area contributed by atoms with Crippen LogP contribution in [-0.2, 0) is 0 Å². The Morgan fingerprint density at radius 1 is 1.46 bits per heavy atom. The Hall–Kier alpha value is -1.14. The molecule has 0 fully saturated rings. The van der Waals surface area contributed by atoms with Crippen LogP contribution in [0.25, 0.3) is 0 Å². The van der Waals surface area contributed by atoms with Crippen LogP contribution >= 0.6 is 15.9 Å². The van der Waals surface area contributed by atoms with Crippen molar-refractivity contribution in [1.82, 2.24) is 0 Å². The van der Waals surface area contributed by atoms with Crippen molar-refractivity contribution in [3.05, 3.63) is 23.8 Å². The van der Waals surface area contributed by atoms with Gasteiger partial charge in [-0.2, -0.15) is 0 Å². The van der Waals surface area contributed by atoms with E-state index in [9.17, 15) is 0 Å². The maximum Gasteiger partial charge on any atom is 0.122 e. The third-order valence-corrected chi connectivity index (χ3v) is 1.74. The van der Waals surface area contributed by atoms with Gasteiger partial charge in [-0.05, 0) is 12.1 Å². The summed E-state index contributed by atoms with van der Waals surface area (Å²) in [4.78, 5) is 0.